The highest BCUT2D eigenvalue weighted by Crippen LogP contribution is 2.22. The van der Waals surface area contributed by atoms with Crippen molar-refractivity contribution in [2.24, 2.45) is 0 Å². The van der Waals surface area contributed by atoms with E-state index >= 15 is 0 Å². The highest BCUT2D eigenvalue weighted by atomic mass is 16.5. The number of methoxy groups -OCH3 is 1. The molecule has 1 aliphatic rings. The number of hydrogen-bond acceptors (Lipinski definition) is 5. The predicted molar refractivity (Wildman–Crippen MR) is 97.9 cm³/mol. The molecule has 0 bridgehead atoms. The zero-order valence-electron chi connectivity index (χ0n) is 14.1. The zero-order valence-corrected chi connectivity index (χ0v) is 14.1. The molecule has 1 aromatic heterocycles. The van der Waals surface area contributed by atoms with Crippen LogP contribution in [0, 0.1) is 0 Å². The van der Waals surface area contributed by atoms with E-state index in [1.165, 1.54) is 11.8 Å². The summed E-state index contributed by atoms with van der Waals surface area (Å²) in [6.45, 7) is 3.34. The van der Waals surface area contributed by atoms with E-state index < -0.39 is 0 Å². The maximum Gasteiger partial charge on any atom is 0.248 e. The molecule has 0 aliphatic carbocycles. The second-order valence-electron chi connectivity index (χ2n) is 5.59. The first-order valence-corrected chi connectivity index (χ1v) is 8.16. The van der Waals surface area contributed by atoms with Crippen LogP contribution in [0.3, 0.4) is 0 Å². The summed E-state index contributed by atoms with van der Waals surface area (Å²) in [7, 11) is 1.55. The summed E-state index contributed by atoms with van der Waals surface area (Å²) < 4.78 is 10.6. The summed E-state index contributed by atoms with van der Waals surface area (Å²) >= 11 is 0. The van der Waals surface area contributed by atoms with Gasteiger partial charge in [-0.25, -0.2) is 0 Å². The fraction of sp³-hybridized carbons (Fsp3) is 0.263. The fourth-order valence-corrected chi connectivity index (χ4v) is 2.62. The molecule has 0 saturated carbocycles. The minimum atomic E-state index is -0.233. The van der Waals surface area contributed by atoms with Crippen LogP contribution in [0.5, 0.6) is 5.75 Å². The van der Waals surface area contributed by atoms with Crippen LogP contribution in [0.2, 0.25) is 0 Å². The Bertz CT molecular complexity index is 738. The van der Waals surface area contributed by atoms with E-state index in [1.54, 1.807) is 31.6 Å². The third kappa shape index (κ3) is 4.58. The van der Waals surface area contributed by atoms with Gasteiger partial charge < -0.3 is 19.7 Å². The van der Waals surface area contributed by atoms with Gasteiger partial charge in [0.15, 0.2) is 0 Å². The molecule has 6 nitrogen and oxygen atoms in total. The van der Waals surface area contributed by atoms with Crippen LogP contribution in [-0.2, 0) is 9.53 Å². The Labute approximate surface area is 147 Å². The number of pyridine rings is 1. The van der Waals surface area contributed by atoms with Crippen molar-refractivity contribution in [3.63, 3.8) is 0 Å². The van der Waals surface area contributed by atoms with Crippen molar-refractivity contribution in [3.05, 3.63) is 54.4 Å². The van der Waals surface area contributed by atoms with Crippen molar-refractivity contribution in [2.45, 2.75) is 0 Å². The van der Waals surface area contributed by atoms with Gasteiger partial charge in [-0.3, -0.25) is 9.78 Å². The Morgan fingerprint density at radius 1 is 1.24 bits per heavy atom. The molecule has 1 fully saturated rings. The van der Waals surface area contributed by atoms with E-state index in [-0.39, 0.29) is 5.91 Å². The van der Waals surface area contributed by atoms with Gasteiger partial charge in [0.1, 0.15) is 11.4 Å². The predicted octanol–water partition coefficient (Wildman–Crippen LogP) is 2.58. The first-order chi connectivity index (χ1) is 12.3. The fourth-order valence-electron chi connectivity index (χ4n) is 2.62. The third-order valence-corrected chi connectivity index (χ3v) is 3.96. The van der Waals surface area contributed by atoms with Crippen LogP contribution in [0.1, 0.15) is 5.56 Å². The van der Waals surface area contributed by atoms with Gasteiger partial charge >= 0.3 is 0 Å². The lowest BCUT2D eigenvalue weighted by Gasteiger charge is -2.28. The van der Waals surface area contributed by atoms with Gasteiger partial charge in [-0.2, -0.15) is 0 Å². The van der Waals surface area contributed by atoms with E-state index in [1.807, 2.05) is 12.1 Å². The molecule has 0 spiro atoms. The van der Waals surface area contributed by atoms with E-state index in [0.29, 0.717) is 11.4 Å². The number of nitrogens with one attached hydrogen (secondary N) is 1. The van der Waals surface area contributed by atoms with Gasteiger partial charge in [0.25, 0.3) is 0 Å². The number of hydrogen-bond donors (Lipinski definition) is 1. The molecule has 0 unspecified atom stereocenters. The van der Waals surface area contributed by atoms with Gasteiger partial charge in [0.05, 0.1) is 26.5 Å². The lowest BCUT2D eigenvalue weighted by molar-refractivity contribution is -0.111. The third-order valence-electron chi connectivity index (χ3n) is 3.96. The second-order valence-corrected chi connectivity index (χ2v) is 5.59. The summed E-state index contributed by atoms with van der Waals surface area (Å²) in [5, 5.41) is 2.76. The van der Waals surface area contributed by atoms with Gasteiger partial charge in [-0.1, -0.05) is 12.1 Å². The smallest absolute Gasteiger partial charge is 0.248 e. The van der Waals surface area contributed by atoms with Gasteiger partial charge in [0, 0.05) is 37.1 Å². The Balaban J connectivity index is 1.60. The summed E-state index contributed by atoms with van der Waals surface area (Å²) in [6.07, 6.45) is 6.44. The lowest BCUT2D eigenvalue weighted by Crippen LogP contribution is -2.36. The minimum Gasteiger partial charge on any atom is -0.494 e. The number of benzene rings is 1. The first kappa shape index (κ1) is 17.0. The van der Waals surface area contributed by atoms with Gasteiger partial charge in [0.2, 0.25) is 5.91 Å². The first-order valence-electron chi connectivity index (χ1n) is 8.16. The molecule has 130 valence electrons. The molecule has 3 rings (SSSR count). The van der Waals surface area contributed by atoms with E-state index in [2.05, 4.69) is 27.3 Å². The van der Waals surface area contributed by atoms with Crippen molar-refractivity contribution in [2.75, 3.05) is 43.6 Å². The quantitative estimate of drug-likeness (QED) is 0.848. The summed E-state index contributed by atoms with van der Waals surface area (Å²) in [4.78, 5) is 18.3. The average molecular weight is 339 g/mol. The SMILES string of the molecule is COc1ccncc1NC(=O)/C=C\c1ccc(N2CCOCC2)cc1. The van der Waals surface area contributed by atoms with Crippen LogP contribution in [0.4, 0.5) is 11.4 Å². The van der Waals surface area contributed by atoms with Crippen LogP contribution in [0.15, 0.2) is 48.8 Å². The molecule has 1 aromatic carbocycles. The second kappa shape index (κ2) is 8.30. The van der Waals surface area contributed by atoms with Crippen molar-refractivity contribution in [1.29, 1.82) is 0 Å². The largest absolute Gasteiger partial charge is 0.494 e. The van der Waals surface area contributed by atoms with Crippen LogP contribution >= 0.6 is 0 Å². The maximum atomic E-state index is 12.1. The Morgan fingerprint density at radius 2 is 2.00 bits per heavy atom. The van der Waals surface area contributed by atoms with Gasteiger partial charge in [-0.15, -0.1) is 0 Å². The highest BCUT2D eigenvalue weighted by molar-refractivity contribution is 6.02. The number of aromatic nitrogens is 1. The van der Waals surface area contributed by atoms with Crippen LogP contribution in [0.25, 0.3) is 6.08 Å². The molecular weight excluding hydrogens is 318 g/mol. The van der Waals surface area contributed by atoms with E-state index in [4.69, 9.17) is 9.47 Å². The molecule has 1 amide bonds. The summed E-state index contributed by atoms with van der Waals surface area (Å²) in [6, 6.07) is 9.82. The number of carbonyl (C=O) groups is 1. The number of anilines is 2. The highest BCUT2D eigenvalue weighted by Gasteiger charge is 2.10. The van der Waals surface area contributed by atoms with Crippen molar-refractivity contribution >= 4 is 23.4 Å². The molecule has 1 saturated heterocycles. The monoisotopic (exact) mass is 339 g/mol. The molecule has 2 aromatic rings. The molecular formula is C19H21N3O3. The molecule has 1 aliphatic heterocycles. The van der Waals surface area contributed by atoms with Crippen molar-refractivity contribution in [1.82, 2.24) is 4.98 Å². The normalized spacial score (nSPS) is 14.5. The van der Waals surface area contributed by atoms with Crippen molar-refractivity contribution in [3.8, 4) is 5.75 Å². The standard InChI is InChI=1S/C19H21N3O3/c1-24-18-8-9-20-14-17(18)21-19(23)7-4-15-2-5-16(6-3-15)22-10-12-25-13-11-22/h2-9,14H,10-13H2,1H3,(H,21,23)/b7-4-. The van der Waals surface area contributed by atoms with E-state index in [0.717, 1.165) is 31.9 Å². The Kier molecular flexibility index (Phi) is 5.64. The molecule has 6 heteroatoms. The Morgan fingerprint density at radius 3 is 2.72 bits per heavy atom. The molecule has 25 heavy (non-hydrogen) atoms. The number of morpholine rings is 1. The molecule has 0 radical (unpaired) electrons. The van der Waals surface area contributed by atoms with Crippen LogP contribution in [-0.4, -0.2) is 44.3 Å². The van der Waals surface area contributed by atoms with Gasteiger partial charge in [-0.05, 0) is 23.8 Å². The lowest BCUT2D eigenvalue weighted by atomic mass is 10.1. The zero-order chi connectivity index (χ0) is 17.5. The van der Waals surface area contributed by atoms with Crippen LogP contribution < -0.4 is 15.0 Å². The number of nitrogens with zero attached hydrogens (tertiary/aromatic N) is 2. The topological polar surface area (TPSA) is 63.7 Å². The number of ether oxygens (including phenoxy) is 2. The molecule has 2 heterocycles. The maximum absolute atomic E-state index is 12.1. The average Bonchev–Trinajstić information content (AvgIpc) is 2.68. The summed E-state index contributed by atoms with van der Waals surface area (Å²) in [5.41, 5.74) is 2.68. The minimum absolute atomic E-state index is 0.233. The Hall–Kier alpha value is -2.86. The van der Waals surface area contributed by atoms with Crippen molar-refractivity contribution < 1.29 is 14.3 Å². The van der Waals surface area contributed by atoms with E-state index in [9.17, 15) is 4.79 Å². The summed E-state index contributed by atoms with van der Waals surface area (Å²) in [5.74, 6) is 0.343. The number of rotatable bonds is 5. The number of amides is 1. The number of carbonyl (C=O) groups excluding carboxylic acids is 1. The molecule has 0 atom stereocenters. The molecule has 1 N–H and O–H groups in total.